The van der Waals surface area contributed by atoms with Crippen LogP contribution in [0.2, 0.25) is 0 Å². The number of methoxy groups -OCH3 is 4. The maximum absolute atomic E-state index is 12.7. The lowest BCUT2D eigenvalue weighted by atomic mass is 9.96. The summed E-state index contributed by atoms with van der Waals surface area (Å²) >= 11 is 0. The second kappa shape index (κ2) is 11.7. The second-order valence-corrected chi connectivity index (χ2v) is 8.46. The summed E-state index contributed by atoms with van der Waals surface area (Å²) in [6, 6.07) is 11.7. The van der Waals surface area contributed by atoms with Crippen molar-refractivity contribution in [3.8, 4) is 34.4 Å². The molecule has 0 atom stereocenters. The van der Waals surface area contributed by atoms with E-state index >= 15 is 0 Å². The molecule has 1 aliphatic heterocycles. The third-order valence-corrected chi connectivity index (χ3v) is 6.35. The fourth-order valence-electron chi connectivity index (χ4n) is 4.28. The lowest BCUT2D eigenvalue weighted by Crippen LogP contribution is -2.41. The Balaban J connectivity index is 1.27. The molecule has 4 rings (SSSR count). The molecule has 1 amide bonds. The highest BCUT2D eigenvalue weighted by Crippen LogP contribution is 2.32. The first-order valence-electron chi connectivity index (χ1n) is 11.9. The van der Waals surface area contributed by atoms with Gasteiger partial charge in [0, 0.05) is 31.1 Å². The van der Waals surface area contributed by atoms with E-state index in [1.54, 1.807) is 34.5 Å². The van der Waals surface area contributed by atoms with Gasteiger partial charge in [-0.25, -0.2) is 0 Å². The molecule has 1 aliphatic rings. The summed E-state index contributed by atoms with van der Waals surface area (Å²) in [4.78, 5) is 19.3. The molecule has 0 unspecified atom stereocenters. The molecule has 1 aromatic heterocycles. The molecule has 10 nitrogen and oxygen atoms in total. The Bertz CT molecular complexity index is 1170. The number of anilines is 1. The first kappa shape index (κ1) is 25.2. The average Bonchev–Trinajstić information content (AvgIpc) is 3.43. The molecular formula is C26H32N4O6. The third kappa shape index (κ3) is 5.64. The molecule has 2 heterocycles. The predicted octanol–water partition coefficient (Wildman–Crippen LogP) is 3.35. The normalized spacial score (nSPS) is 13.8. The highest BCUT2D eigenvalue weighted by molar-refractivity contribution is 5.79. The number of ether oxygens (including phenoxy) is 4. The van der Waals surface area contributed by atoms with Crippen LogP contribution < -0.4 is 29.2 Å². The number of hydrogen-bond acceptors (Lipinski definition) is 9. The quantitative estimate of drug-likeness (QED) is 0.452. The van der Waals surface area contributed by atoms with Crippen LogP contribution in [0, 0.1) is 5.92 Å². The Morgan fingerprint density at radius 2 is 1.58 bits per heavy atom. The van der Waals surface area contributed by atoms with Gasteiger partial charge in [-0.2, -0.15) is 4.98 Å². The van der Waals surface area contributed by atoms with Crippen molar-refractivity contribution >= 4 is 11.9 Å². The second-order valence-electron chi connectivity index (χ2n) is 8.46. The third-order valence-electron chi connectivity index (χ3n) is 6.35. The largest absolute Gasteiger partial charge is 0.493 e. The predicted molar refractivity (Wildman–Crippen MR) is 134 cm³/mol. The minimum Gasteiger partial charge on any atom is -0.493 e. The summed E-state index contributed by atoms with van der Waals surface area (Å²) in [5.74, 6) is 3.11. The van der Waals surface area contributed by atoms with Crippen LogP contribution in [0.3, 0.4) is 0 Å². The van der Waals surface area contributed by atoms with E-state index in [0.717, 1.165) is 24.0 Å². The molecular weight excluding hydrogens is 464 g/mol. The maximum Gasteiger partial charge on any atom is 0.324 e. The van der Waals surface area contributed by atoms with Crippen LogP contribution in [0.15, 0.2) is 40.9 Å². The van der Waals surface area contributed by atoms with Gasteiger partial charge in [-0.05, 0) is 55.2 Å². The van der Waals surface area contributed by atoms with Crippen molar-refractivity contribution in [2.75, 3.05) is 53.0 Å². The van der Waals surface area contributed by atoms with Gasteiger partial charge in [-0.1, -0.05) is 11.2 Å². The standard InChI is InChI=1S/C26H32N4O6/c1-32-20-7-5-17(15-22(20)34-3)9-12-27-25(31)18-10-13-30(14-11-18)26-28-24(29-36-26)19-6-8-21(33-2)23(16-19)35-4/h5-8,15-16,18H,9-14H2,1-4H3,(H,27,31). The number of hydrogen-bond donors (Lipinski definition) is 1. The van der Waals surface area contributed by atoms with Crippen LogP contribution in [-0.4, -0.2) is 64.1 Å². The Kier molecular flexibility index (Phi) is 8.14. The Hall–Kier alpha value is -3.95. The van der Waals surface area contributed by atoms with Crippen LogP contribution >= 0.6 is 0 Å². The van der Waals surface area contributed by atoms with Crippen LogP contribution in [0.4, 0.5) is 6.01 Å². The van der Waals surface area contributed by atoms with Crippen LogP contribution in [-0.2, 0) is 11.2 Å². The molecule has 10 heteroatoms. The first-order valence-corrected chi connectivity index (χ1v) is 11.9. The lowest BCUT2D eigenvalue weighted by Gasteiger charge is -2.29. The minimum atomic E-state index is -0.0418. The van der Waals surface area contributed by atoms with E-state index in [0.29, 0.717) is 60.9 Å². The molecule has 3 aromatic rings. The van der Waals surface area contributed by atoms with E-state index in [1.165, 1.54) is 0 Å². The van der Waals surface area contributed by atoms with Gasteiger partial charge >= 0.3 is 6.01 Å². The van der Waals surface area contributed by atoms with E-state index in [9.17, 15) is 4.79 Å². The average molecular weight is 497 g/mol. The number of rotatable bonds is 10. The summed E-state index contributed by atoms with van der Waals surface area (Å²) < 4.78 is 26.8. The zero-order valence-electron chi connectivity index (χ0n) is 21.1. The van der Waals surface area contributed by atoms with Gasteiger partial charge in [0.05, 0.1) is 28.4 Å². The number of amides is 1. The molecule has 192 valence electrons. The van der Waals surface area contributed by atoms with Gasteiger partial charge in [0.15, 0.2) is 23.0 Å². The molecule has 1 fully saturated rings. The minimum absolute atomic E-state index is 0.0418. The fourth-order valence-corrected chi connectivity index (χ4v) is 4.28. The molecule has 0 saturated carbocycles. The number of aromatic nitrogens is 2. The molecule has 0 radical (unpaired) electrons. The van der Waals surface area contributed by atoms with Gasteiger partial charge in [0.1, 0.15) is 0 Å². The van der Waals surface area contributed by atoms with Crippen molar-refractivity contribution in [2.45, 2.75) is 19.3 Å². The zero-order chi connectivity index (χ0) is 25.5. The van der Waals surface area contributed by atoms with Gasteiger partial charge in [0.25, 0.3) is 0 Å². The number of benzene rings is 2. The van der Waals surface area contributed by atoms with E-state index in [-0.39, 0.29) is 11.8 Å². The van der Waals surface area contributed by atoms with Gasteiger partial charge in [-0.15, -0.1) is 0 Å². The van der Waals surface area contributed by atoms with Crippen molar-refractivity contribution < 1.29 is 28.3 Å². The monoisotopic (exact) mass is 496 g/mol. The van der Waals surface area contributed by atoms with E-state index in [4.69, 9.17) is 23.5 Å². The molecule has 1 saturated heterocycles. The van der Waals surface area contributed by atoms with Crippen LogP contribution in [0.1, 0.15) is 18.4 Å². The van der Waals surface area contributed by atoms with Crippen LogP contribution in [0.25, 0.3) is 11.4 Å². The van der Waals surface area contributed by atoms with Crippen molar-refractivity contribution in [3.63, 3.8) is 0 Å². The van der Waals surface area contributed by atoms with Gasteiger partial charge in [0.2, 0.25) is 11.7 Å². The SMILES string of the molecule is COc1ccc(CCNC(=O)C2CCN(c3nc(-c4ccc(OC)c(OC)c4)no3)CC2)cc1OC. The highest BCUT2D eigenvalue weighted by atomic mass is 16.5. The maximum atomic E-state index is 12.7. The summed E-state index contributed by atoms with van der Waals surface area (Å²) in [5.41, 5.74) is 1.84. The topological polar surface area (TPSA) is 108 Å². The molecule has 36 heavy (non-hydrogen) atoms. The Morgan fingerprint density at radius 1 is 0.944 bits per heavy atom. The summed E-state index contributed by atoms with van der Waals surface area (Å²) in [6.45, 7) is 1.90. The van der Waals surface area contributed by atoms with Crippen molar-refractivity contribution in [2.24, 2.45) is 5.92 Å². The number of carbonyl (C=O) groups is 1. The summed E-state index contributed by atoms with van der Waals surface area (Å²) in [7, 11) is 6.39. The van der Waals surface area contributed by atoms with E-state index in [1.807, 2.05) is 35.2 Å². The van der Waals surface area contributed by atoms with E-state index < -0.39 is 0 Å². The molecule has 2 aromatic carbocycles. The van der Waals surface area contributed by atoms with Crippen molar-refractivity contribution in [1.82, 2.24) is 15.5 Å². The smallest absolute Gasteiger partial charge is 0.324 e. The summed E-state index contributed by atoms with van der Waals surface area (Å²) in [5, 5.41) is 7.18. The number of piperidine rings is 1. The van der Waals surface area contributed by atoms with E-state index in [2.05, 4.69) is 15.5 Å². The molecule has 0 bridgehead atoms. The lowest BCUT2D eigenvalue weighted by molar-refractivity contribution is -0.125. The number of nitrogens with zero attached hydrogens (tertiary/aromatic N) is 3. The number of nitrogens with one attached hydrogen (secondary N) is 1. The molecule has 0 aliphatic carbocycles. The summed E-state index contributed by atoms with van der Waals surface area (Å²) in [6.07, 6.45) is 2.15. The molecule has 0 spiro atoms. The highest BCUT2D eigenvalue weighted by Gasteiger charge is 2.27. The Morgan fingerprint density at radius 3 is 2.25 bits per heavy atom. The fraction of sp³-hybridized carbons (Fsp3) is 0.423. The zero-order valence-corrected chi connectivity index (χ0v) is 21.1. The van der Waals surface area contributed by atoms with Gasteiger partial charge in [-0.3, -0.25) is 4.79 Å². The van der Waals surface area contributed by atoms with Crippen molar-refractivity contribution in [1.29, 1.82) is 0 Å². The Labute approximate surface area is 210 Å². The van der Waals surface area contributed by atoms with Crippen LogP contribution in [0.5, 0.6) is 23.0 Å². The number of carbonyl (C=O) groups excluding carboxylic acids is 1. The van der Waals surface area contributed by atoms with Gasteiger partial charge < -0.3 is 33.7 Å². The first-order chi connectivity index (χ1) is 17.6. The van der Waals surface area contributed by atoms with Crippen molar-refractivity contribution in [3.05, 3.63) is 42.0 Å². The molecule has 1 N–H and O–H groups in total.